The predicted molar refractivity (Wildman–Crippen MR) is 113 cm³/mol. The van der Waals surface area contributed by atoms with Crippen LogP contribution in [0.25, 0.3) is 22.0 Å². The summed E-state index contributed by atoms with van der Waals surface area (Å²) < 4.78 is 13.1. The topological polar surface area (TPSA) is 66.9 Å². The maximum absolute atomic E-state index is 13.1. The zero-order valence-electron chi connectivity index (χ0n) is 16.0. The zero-order valence-corrected chi connectivity index (χ0v) is 16.0. The Balaban J connectivity index is 1.74. The van der Waals surface area contributed by atoms with E-state index in [4.69, 9.17) is 0 Å². The van der Waals surface area contributed by atoms with Crippen LogP contribution >= 0.6 is 0 Å². The molecule has 0 fully saturated rings. The van der Waals surface area contributed by atoms with E-state index in [1.54, 1.807) is 18.5 Å². The molecule has 0 radical (unpaired) electrons. The highest BCUT2D eigenvalue weighted by atomic mass is 19.1. The molecule has 0 unspecified atom stereocenters. The average molecular weight is 386 g/mol. The van der Waals surface area contributed by atoms with E-state index in [0.29, 0.717) is 11.5 Å². The first-order valence-electron chi connectivity index (χ1n) is 9.15. The molecular weight excluding hydrogens is 367 g/mol. The van der Waals surface area contributed by atoms with Crippen LogP contribution in [0.1, 0.15) is 11.1 Å². The molecule has 0 aliphatic carbocycles. The van der Waals surface area contributed by atoms with Crippen molar-refractivity contribution in [2.45, 2.75) is 13.8 Å². The average Bonchev–Trinajstić information content (AvgIpc) is 2.71. The van der Waals surface area contributed by atoms with Crippen molar-refractivity contribution in [3.8, 4) is 11.1 Å². The van der Waals surface area contributed by atoms with E-state index >= 15 is 0 Å². The monoisotopic (exact) mass is 386 g/mol. The van der Waals surface area contributed by atoms with Gasteiger partial charge in [0, 0.05) is 29.0 Å². The summed E-state index contributed by atoms with van der Waals surface area (Å²) in [5.41, 5.74) is 5.19. The number of aryl methyl sites for hydroxylation is 2. The molecule has 0 aliphatic heterocycles. The van der Waals surface area contributed by atoms with E-state index in [2.05, 4.69) is 26.7 Å². The summed E-state index contributed by atoms with van der Waals surface area (Å²) in [7, 11) is 0. The van der Waals surface area contributed by atoms with E-state index in [-0.39, 0.29) is 5.82 Å². The van der Waals surface area contributed by atoms with Gasteiger partial charge in [-0.3, -0.25) is 10.3 Å². The van der Waals surface area contributed by atoms with Crippen LogP contribution in [0.15, 0.2) is 67.0 Å². The number of nitrogens with one attached hydrogen (secondary N) is 2. The number of aromatic nitrogens is 2. The van der Waals surface area contributed by atoms with E-state index in [1.165, 1.54) is 24.3 Å². The molecule has 0 saturated carbocycles. The van der Waals surface area contributed by atoms with E-state index in [9.17, 15) is 9.18 Å². The second-order valence-electron chi connectivity index (χ2n) is 6.86. The second kappa shape index (κ2) is 7.67. The number of halogens is 1. The van der Waals surface area contributed by atoms with Crippen LogP contribution in [0.3, 0.4) is 0 Å². The smallest absolute Gasteiger partial charge is 0.308 e. The summed E-state index contributed by atoms with van der Waals surface area (Å²) in [5, 5.41) is 6.42. The minimum atomic E-state index is -0.455. The lowest BCUT2D eigenvalue weighted by atomic mass is 9.98. The van der Waals surface area contributed by atoms with Crippen molar-refractivity contribution in [2.24, 2.45) is 0 Å². The van der Waals surface area contributed by atoms with Crippen LogP contribution in [0.2, 0.25) is 0 Å². The Hall–Kier alpha value is -3.80. The summed E-state index contributed by atoms with van der Waals surface area (Å²) in [6, 6.07) is 15.1. The first kappa shape index (κ1) is 18.6. The lowest BCUT2D eigenvalue weighted by Crippen LogP contribution is -2.20. The summed E-state index contributed by atoms with van der Waals surface area (Å²) in [6.45, 7) is 4.04. The van der Waals surface area contributed by atoms with Crippen LogP contribution in [0, 0.1) is 19.7 Å². The molecule has 0 spiro atoms. The fraction of sp³-hybridized carbons (Fsp3) is 0.0870. The van der Waals surface area contributed by atoms with Gasteiger partial charge in [-0.25, -0.2) is 14.2 Å². The van der Waals surface area contributed by atoms with Crippen molar-refractivity contribution in [1.29, 1.82) is 0 Å². The van der Waals surface area contributed by atoms with Crippen molar-refractivity contribution in [2.75, 3.05) is 10.6 Å². The fourth-order valence-corrected chi connectivity index (χ4v) is 3.15. The predicted octanol–water partition coefficient (Wildman–Crippen LogP) is 5.70. The number of benzene rings is 2. The normalized spacial score (nSPS) is 10.7. The van der Waals surface area contributed by atoms with Crippen molar-refractivity contribution < 1.29 is 9.18 Å². The number of amides is 2. The van der Waals surface area contributed by atoms with Crippen LogP contribution in [0.5, 0.6) is 0 Å². The van der Waals surface area contributed by atoms with Crippen LogP contribution in [0.4, 0.5) is 20.7 Å². The van der Waals surface area contributed by atoms with E-state index in [0.717, 1.165) is 33.2 Å². The Labute approximate surface area is 167 Å². The highest BCUT2D eigenvalue weighted by molar-refractivity contribution is 6.03. The van der Waals surface area contributed by atoms with Crippen LogP contribution < -0.4 is 10.6 Å². The Bertz CT molecular complexity index is 1210. The molecule has 0 atom stereocenters. The van der Waals surface area contributed by atoms with Crippen molar-refractivity contribution >= 4 is 28.4 Å². The quantitative estimate of drug-likeness (QED) is 0.475. The highest BCUT2D eigenvalue weighted by Crippen LogP contribution is 2.32. The molecule has 4 rings (SSSR count). The number of urea groups is 1. The summed E-state index contributed by atoms with van der Waals surface area (Å²) >= 11 is 0. The van der Waals surface area contributed by atoms with Crippen LogP contribution in [-0.2, 0) is 0 Å². The van der Waals surface area contributed by atoms with Crippen molar-refractivity contribution in [1.82, 2.24) is 9.97 Å². The number of rotatable bonds is 3. The first-order valence-corrected chi connectivity index (χ1v) is 9.15. The molecule has 0 bridgehead atoms. The number of nitrogens with zero attached hydrogens (tertiary/aromatic N) is 2. The fourth-order valence-electron chi connectivity index (χ4n) is 3.15. The molecular formula is C23H19FN4O. The number of pyridine rings is 2. The van der Waals surface area contributed by atoms with Gasteiger partial charge < -0.3 is 5.32 Å². The lowest BCUT2D eigenvalue weighted by molar-refractivity contribution is 0.262. The third-order valence-electron chi connectivity index (χ3n) is 4.63. The molecule has 2 aromatic heterocycles. The molecule has 29 heavy (non-hydrogen) atoms. The van der Waals surface area contributed by atoms with Gasteiger partial charge in [-0.15, -0.1) is 0 Å². The largest absolute Gasteiger partial charge is 0.324 e. The van der Waals surface area contributed by atoms with E-state index < -0.39 is 6.03 Å². The van der Waals surface area contributed by atoms with Gasteiger partial charge in [-0.1, -0.05) is 23.8 Å². The van der Waals surface area contributed by atoms with Crippen molar-refractivity contribution in [3.05, 3.63) is 83.9 Å². The molecule has 5 nitrogen and oxygen atoms in total. The maximum atomic E-state index is 13.1. The molecule has 2 aromatic carbocycles. The number of anilines is 2. The number of carbonyl (C=O) groups excluding carboxylic acids is 1. The Morgan fingerprint density at radius 1 is 0.931 bits per heavy atom. The van der Waals surface area contributed by atoms with Gasteiger partial charge in [0.05, 0.1) is 5.52 Å². The van der Waals surface area contributed by atoms with Gasteiger partial charge in [-0.05, 0) is 61.4 Å². The Kier molecular flexibility index (Phi) is 4.91. The van der Waals surface area contributed by atoms with Gasteiger partial charge in [-0.2, -0.15) is 0 Å². The number of hydrogen-bond acceptors (Lipinski definition) is 3. The molecule has 6 heteroatoms. The van der Waals surface area contributed by atoms with Gasteiger partial charge in [0.25, 0.3) is 0 Å². The third-order valence-corrected chi connectivity index (χ3v) is 4.63. The number of fused-ring (bicyclic) bond motifs is 1. The van der Waals surface area contributed by atoms with Gasteiger partial charge >= 0.3 is 6.03 Å². The van der Waals surface area contributed by atoms with E-state index in [1.807, 2.05) is 32.0 Å². The standard InChI is InChI=1S/C23H19FN4O/c1-14-3-4-15(2)19(11-14)20-12-16-13-25-10-9-21(16)27-22(20)28-23(29)26-18-7-5-17(24)6-8-18/h3-13H,1-2H3,(H2,26,27,28,29). The highest BCUT2D eigenvalue weighted by Gasteiger charge is 2.14. The molecule has 0 saturated heterocycles. The minimum absolute atomic E-state index is 0.363. The minimum Gasteiger partial charge on any atom is -0.308 e. The Morgan fingerprint density at radius 2 is 1.72 bits per heavy atom. The number of carbonyl (C=O) groups is 1. The van der Waals surface area contributed by atoms with Crippen molar-refractivity contribution in [3.63, 3.8) is 0 Å². The molecule has 2 amide bonds. The van der Waals surface area contributed by atoms with Gasteiger partial charge in [0.15, 0.2) is 0 Å². The Morgan fingerprint density at radius 3 is 2.52 bits per heavy atom. The van der Waals surface area contributed by atoms with Gasteiger partial charge in [0.1, 0.15) is 11.6 Å². The lowest BCUT2D eigenvalue weighted by Gasteiger charge is -2.15. The molecule has 4 aromatic rings. The maximum Gasteiger partial charge on any atom is 0.324 e. The molecule has 144 valence electrons. The molecule has 2 N–H and O–H groups in total. The number of hydrogen-bond donors (Lipinski definition) is 2. The zero-order chi connectivity index (χ0) is 20.4. The first-order chi connectivity index (χ1) is 14.0. The molecule has 0 aliphatic rings. The van der Waals surface area contributed by atoms with Gasteiger partial charge in [0.2, 0.25) is 0 Å². The third kappa shape index (κ3) is 4.06. The summed E-state index contributed by atoms with van der Waals surface area (Å²) in [4.78, 5) is 21.4. The summed E-state index contributed by atoms with van der Waals surface area (Å²) in [5.74, 6) is 0.0787. The summed E-state index contributed by atoms with van der Waals surface area (Å²) in [6.07, 6.45) is 3.41. The second-order valence-corrected chi connectivity index (χ2v) is 6.86. The molecule has 2 heterocycles. The SMILES string of the molecule is Cc1ccc(C)c(-c2cc3cnccc3nc2NC(=O)Nc2ccc(F)cc2)c1. The van der Waals surface area contributed by atoms with Crippen LogP contribution in [-0.4, -0.2) is 16.0 Å².